The van der Waals surface area contributed by atoms with Crippen LogP contribution in [-0.2, 0) is 11.3 Å². The zero-order valence-corrected chi connectivity index (χ0v) is 13.1. The highest BCUT2D eigenvalue weighted by Gasteiger charge is 2.36. The molecule has 1 aromatic heterocycles. The van der Waals surface area contributed by atoms with E-state index in [-0.39, 0.29) is 0 Å². The summed E-state index contributed by atoms with van der Waals surface area (Å²) < 4.78 is 7.14. The van der Waals surface area contributed by atoms with Gasteiger partial charge in [-0.15, -0.1) is 0 Å². The number of ether oxygens (including phenoxy) is 1. The third kappa shape index (κ3) is 4.74. The zero-order valence-electron chi connectivity index (χ0n) is 13.1. The Labute approximate surface area is 127 Å². The van der Waals surface area contributed by atoms with E-state index in [1.54, 1.807) is 13.3 Å². The summed E-state index contributed by atoms with van der Waals surface area (Å²) in [4.78, 5) is 4.28. The highest BCUT2D eigenvalue weighted by molar-refractivity contribution is 5.79. The number of aromatic nitrogens is 2. The molecule has 1 fully saturated rings. The Hall–Kier alpha value is -1.56. The van der Waals surface area contributed by atoms with E-state index < -0.39 is 0 Å². The minimum atomic E-state index is 0.398. The monoisotopic (exact) mass is 293 g/mol. The van der Waals surface area contributed by atoms with Crippen LogP contribution in [-0.4, -0.2) is 49.6 Å². The van der Waals surface area contributed by atoms with E-state index in [4.69, 9.17) is 4.74 Å². The second-order valence-electron chi connectivity index (χ2n) is 5.72. The van der Waals surface area contributed by atoms with Crippen LogP contribution in [0.3, 0.4) is 0 Å². The first-order chi connectivity index (χ1) is 10.3. The molecule has 0 radical (unpaired) electrons. The van der Waals surface area contributed by atoms with E-state index in [0.717, 1.165) is 38.6 Å². The van der Waals surface area contributed by atoms with Gasteiger partial charge < -0.3 is 15.4 Å². The van der Waals surface area contributed by atoms with Gasteiger partial charge in [0.05, 0.1) is 6.54 Å². The molecular weight excluding hydrogens is 266 g/mol. The molecule has 21 heavy (non-hydrogen) atoms. The van der Waals surface area contributed by atoms with Gasteiger partial charge in [0.25, 0.3) is 0 Å². The molecule has 1 saturated carbocycles. The van der Waals surface area contributed by atoms with Gasteiger partial charge >= 0.3 is 0 Å². The van der Waals surface area contributed by atoms with Crippen molar-refractivity contribution < 1.29 is 4.74 Å². The van der Waals surface area contributed by atoms with Crippen molar-refractivity contribution in [2.75, 3.05) is 33.9 Å². The minimum Gasteiger partial charge on any atom is -0.385 e. The standard InChI is InChI=1S/C15H27N5O/c1-16-14(17-9-11-20-10-4-8-19-20)18-13-15(5-3-6-15)7-12-21-2/h4,8,10H,3,5-7,9,11-13H2,1-2H3,(H2,16,17,18). The summed E-state index contributed by atoms with van der Waals surface area (Å²) in [5.74, 6) is 0.867. The minimum absolute atomic E-state index is 0.398. The topological polar surface area (TPSA) is 63.5 Å². The Morgan fingerprint density at radius 1 is 1.43 bits per heavy atom. The number of rotatable bonds is 8. The maximum absolute atomic E-state index is 5.23. The maximum Gasteiger partial charge on any atom is 0.191 e. The molecule has 0 unspecified atom stereocenters. The SMILES string of the molecule is CN=C(NCCn1cccn1)NCC1(CCOC)CCC1. The Bertz CT molecular complexity index is 425. The van der Waals surface area contributed by atoms with Crippen molar-refractivity contribution >= 4 is 5.96 Å². The smallest absolute Gasteiger partial charge is 0.191 e. The average Bonchev–Trinajstić information content (AvgIpc) is 2.97. The van der Waals surface area contributed by atoms with Gasteiger partial charge in [-0.2, -0.15) is 5.10 Å². The zero-order chi connectivity index (χ0) is 15.0. The van der Waals surface area contributed by atoms with Crippen LogP contribution in [0.15, 0.2) is 23.5 Å². The van der Waals surface area contributed by atoms with E-state index in [1.807, 2.05) is 24.0 Å². The second kappa shape index (κ2) is 8.02. The molecule has 1 aliphatic carbocycles. The molecule has 0 spiro atoms. The van der Waals surface area contributed by atoms with Crippen LogP contribution in [0, 0.1) is 5.41 Å². The summed E-state index contributed by atoms with van der Waals surface area (Å²) in [7, 11) is 3.58. The first-order valence-corrected chi connectivity index (χ1v) is 7.69. The lowest BCUT2D eigenvalue weighted by molar-refractivity contribution is 0.0732. The van der Waals surface area contributed by atoms with E-state index in [2.05, 4.69) is 20.7 Å². The van der Waals surface area contributed by atoms with Crippen molar-refractivity contribution in [3.8, 4) is 0 Å². The van der Waals surface area contributed by atoms with Crippen molar-refractivity contribution in [2.45, 2.75) is 32.2 Å². The molecule has 1 heterocycles. The normalized spacial score (nSPS) is 17.3. The summed E-state index contributed by atoms with van der Waals surface area (Å²) in [5.41, 5.74) is 0.398. The molecule has 1 aliphatic rings. The molecule has 0 amide bonds. The van der Waals surface area contributed by atoms with Crippen LogP contribution in [0.4, 0.5) is 0 Å². The second-order valence-corrected chi connectivity index (χ2v) is 5.72. The molecular formula is C15H27N5O. The van der Waals surface area contributed by atoms with Crippen LogP contribution >= 0.6 is 0 Å². The molecule has 1 aromatic rings. The molecule has 2 N–H and O–H groups in total. The van der Waals surface area contributed by atoms with Gasteiger partial charge in [0.1, 0.15) is 0 Å². The van der Waals surface area contributed by atoms with Crippen LogP contribution in [0.1, 0.15) is 25.7 Å². The lowest BCUT2D eigenvalue weighted by atomic mass is 9.67. The van der Waals surface area contributed by atoms with Gasteiger partial charge in [-0.1, -0.05) is 6.42 Å². The highest BCUT2D eigenvalue weighted by Crippen LogP contribution is 2.43. The number of hydrogen-bond donors (Lipinski definition) is 2. The predicted octanol–water partition coefficient (Wildman–Crippen LogP) is 1.25. The fourth-order valence-corrected chi connectivity index (χ4v) is 2.72. The summed E-state index contributed by atoms with van der Waals surface area (Å²) in [6, 6.07) is 1.93. The number of methoxy groups -OCH3 is 1. The summed E-state index contributed by atoms with van der Waals surface area (Å²) in [6.07, 6.45) is 8.79. The van der Waals surface area contributed by atoms with E-state index in [0.29, 0.717) is 5.41 Å². The van der Waals surface area contributed by atoms with Crippen molar-refractivity contribution in [2.24, 2.45) is 10.4 Å². The van der Waals surface area contributed by atoms with Gasteiger partial charge in [0, 0.05) is 46.2 Å². The first-order valence-electron chi connectivity index (χ1n) is 7.69. The largest absolute Gasteiger partial charge is 0.385 e. The molecule has 6 nitrogen and oxygen atoms in total. The van der Waals surface area contributed by atoms with Crippen molar-refractivity contribution in [3.05, 3.63) is 18.5 Å². The van der Waals surface area contributed by atoms with Crippen molar-refractivity contribution in [1.29, 1.82) is 0 Å². The fourth-order valence-electron chi connectivity index (χ4n) is 2.72. The van der Waals surface area contributed by atoms with E-state index in [9.17, 15) is 0 Å². The van der Waals surface area contributed by atoms with Gasteiger partial charge in [-0.25, -0.2) is 0 Å². The molecule has 118 valence electrons. The number of nitrogens with zero attached hydrogens (tertiary/aromatic N) is 3. The quantitative estimate of drug-likeness (QED) is 0.559. The Morgan fingerprint density at radius 3 is 2.86 bits per heavy atom. The number of aliphatic imine (C=N–C) groups is 1. The van der Waals surface area contributed by atoms with Gasteiger partial charge in [-0.05, 0) is 30.7 Å². The molecule has 0 saturated heterocycles. The number of hydrogen-bond acceptors (Lipinski definition) is 3. The lowest BCUT2D eigenvalue weighted by Gasteiger charge is -2.42. The van der Waals surface area contributed by atoms with Gasteiger partial charge in [0.2, 0.25) is 0 Å². The number of nitrogens with one attached hydrogen (secondary N) is 2. The van der Waals surface area contributed by atoms with Gasteiger partial charge in [-0.3, -0.25) is 9.67 Å². The van der Waals surface area contributed by atoms with Crippen molar-refractivity contribution in [3.63, 3.8) is 0 Å². The van der Waals surface area contributed by atoms with Crippen LogP contribution in [0.5, 0.6) is 0 Å². The molecule has 0 aliphatic heterocycles. The molecule has 0 aromatic carbocycles. The Morgan fingerprint density at radius 2 is 2.29 bits per heavy atom. The fraction of sp³-hybridized carbons (Fsp3) is 0.733. The Kier molecular flexibility index (Phi) is 6.04. The van der Waals surface area contributed by atoms with Gasteiger partial charge in [0.15, 0.2) is 5.96 Å². The average molecular weight is 293 g/mol. The third-order valence-electron chi connectivity index (χ3n) is 4.30. The highest BCUT2D eigenvalue weighted by atomic mass is 16.5. The van der Waals surface area contributed by atoms with Crippen molar-refractivity contribution in [1.82, 2.24) is 20.4 Å². The summed E-state index contributed by atoms with van der Waals surface area (Å²) in [6.45, 7) is 3.46. The summed E-state index contributed by atoms with van der Waals surface area (Å²) in [5, 5.41) is 11.0. The van der Waals surface area contributed by atoms with E-state index >= 15 is 0 Å². The van der Waals surface area contributed by atoms with Crippen LogP contribution in [0.2, 0.25) is 0 Å². The molecule has 0 atom stereocenters. The third-order valence-corrected chi connectivity index (χ3v) is 4.30. The van der Waals surface area contributed by atoms with Crippen LogP contribution < -0.4 is 10.6 Å². The lowest BCUT2D eigenvalue weighted by Crippen LogP contribution is -2.47. The van der Waals surface area contributed by atoms with E-state index in [1.165, 1.54) is 19.3 Å². The first kappa shape index (κ1) is 15.8. The molecule has 2 rings (SSSR count). The van der Waals surface area contributed by atoms with Crippen LogP contribution in [0.25, 0.3) is 0 Å². The molecule has 0 bridgehead atoms. The Balaban J connectivity index is 1.69. The molecule has 6 heteroatoms. The predicted molar refractivity (Wildman–Crippen MR) is 84.4 cm³/mol. The maximum atomic E-state index is 5.23. The summed E-state index contributed by atoms with van der Waals surface area (Å²) >= 11 is 0. The number of guanidine groups is 1.